The summed E-state index contributed by atoms with van der Waals surface area (Å²) < 4.78 is 0.959. The number of nitrogens with one attached hydrogen (secondary N) is 2. The monoisotopic (exact) mass is 306 g/mol. The van der Waals surface area contributed by atoms with Crippen molar-refractivity contribution in [3.05, 3.63) is 41.3 Å². The van der Waals surface area contributed by atoms with Crippen molar-refractivity contribution < 1.29 is 0 Å². The molecular formula is C13H15BrN4. The van der Waals surface area contributed by atoms with Gasteiger partial charge in [-0.15, -0.1) is 0 Å². The first kappa shape index (κ1) is 12.8. The van der Waals surface area contributed by atoms with Crippen LogP contribution in [0.2, 0.25) is 0 Å². The van der Waals surface area contributed by atoms with Crippen LogP contribution < -0.4 is 10.6 Å². The summed E-state index contributed by atoms with van der Waals surface area (Å²) in [6.45, 7) is 1.14. The summed E-state index contributed by atoms with van der Waals surface area (Å²) in [5, 5.41) is 6.11. The van der Waals surface area contributed by atoms with Crippen LogP contribution >= 0.6 is 15.9 Å². The Balaban J connectivity index is 0.000000202. The van der Waals surface area contributed by atoms with E-state index in [0.29, 0.717) is 0 Å². The van der Waals surface area contributed by atoms with Gasteiger partial charge in [-0.05, 0) is 40.7 Å². The van der Waals surface area contributed by atoms with Crippen molar-refractivity contribution in [3.8, 4) is 0 Å². The molecule has 0 bridgehead atoms. The minimum Gasteiger partial charge on any atom is -0.391 e. The van der Waals surface area contributed by atoms with E-state index in [2.05, 4.69) is 42.6 Å². The van der Waals surface area contributed by atoms with Crippen molar-refractivity contribution in [1.29, 1.82) is 0 Å². The van der Waals surface area contributed by atoms with E-state index >= 15 is 0 Å². The molecule has 0 amide bonds. The van der Waals surface area contributed by atoms with E-state index in [1.807, 2.05) is 25.4 Å². The SMILES string of the molecule is C1=CNCC1.CNc1ccc2nccnc2c1Br. The molecule has 2 N–H and O–H groups in total. The maximum Gasteiger partial charge on any atom is 0.105 e. The van der Waals surface area contributed by atoms with Crippen LogP contribution in [0.4, 0.5) is 5.69 Å². The number of rotatable bonds is 1. The van der Waals surface area contributed by atoms with Crippen molar-refractivity contribution in [2.24, 2.45) is 0 Å². The molecule has 0 spiro atoms. The van der Waals surface area contributed by atoms with Gasteiger partial charge in [0.2, 0.25) is 0 Å². The van der Waals surface area contributed by atoms with Gasteiger partial charge in [0.15, 0.2) is 0 Å². The van der Waals surface area contributed by atoms with E-state index in [-0.39, 0.29) is 0 Å². The standard InChI is InChI=1S/C9H8BrN3.C4H7N/c1-11-6-2-3-7-9(8(6)10)13-5-4-12-7;1-2-4-5-3-1/h2-5,11H,1H3;1,3,5H,2,4H2. The number of anilines is 1. The molecular weight excluding hydrogens is 292 g/mol. The van der Waals surface area contributed by atoms with Crippen LogP contribution in [0.25, 0.3) is 11.0 Å². The van der Waals surface area contributed by atoms with E-state index in [1.165, 1.54) is 6.42 Å². The molecule has 0 aliphatic carbocycles. The van der Waals surface area contributed by atoms with Gasteiger partial charge < -0.3 is 10.6 Å². The third-order valence-electron chi connectivity index (χ3n) is 2.54. The smallest absolute Gasteiger partial charge is 0.105 e. The largest absolute Gasteiger partial charge is 0.391 e. The lowest BCUT2D eigenvalue weighted by Crippen LogP contribution is -1.96. The summed E-state index contributed by atoms with van der Waals surface area (Å²) in [5.41, 5.74) is 2.80. The second kappa shape index (κ2) is 6.35. The highest BCUT2D eigenvalue weighted by atomic mass is 79.9. The van der Waals surface area contributed by atoms with E-state index < -0.39 is 0 Å². The maximum absolute atomic E-state index is 4.24. The van der Waals surface area contributed by atoms with Gasteiger partial charge in [0.25, 0.3) is 0 Å². The molecule has 0 unspecified atom stereocenters. The molecule has 18 heavy (non-hydrogen) atoms. The summed E-state index contributed by atoms with van der Waals surface area (Å²) in [7, 11) is 1.88. The van der Waals surface area contributed by atoms with Crippen molar-refractivity contribution >= 4 is 32.7 Å². The number of nitrogens with zero attached hydrogens (tertiary/aromatic N) is 2. The molecule has 1 aliphatic rings. The molecule has 5 heteroatoms. The molecule has 1 aliphatic heterocycles. The van der Waals surface area contributed by atoms with Gasteiger partial charge in [-0.3, -0.25) is 9.97 Å². The third kappa shape index (κ3) is 2.98. The second-order valence-corrected chi connectivity index (χ2v) is 4.54. The van der Waals surface area contributed by atoms with E-state index in [0.717, 1.165) is 27.7 Å². The van der Waals surface area contributed by atoms with Gasteiger partial charge >= 0.3 is 0 Å². The van der Waals surface area contributed by atoms with Crippen LogP contribution in [0.5, 0.6) is 0 Å². The van der Waals surface area contributed by atoms with Crippen LogP contribution in [0.3, 0.4) is 0 Å². The molecule has 94 valence electrons. The number of benzene rings is 1. The molecule has 0 saturated heterocycles. The lowest BCUT2D eigenvalue weighted by molar-refractivity contribution is 0.917. The minimum absolute atomic E-state index is 0.884. The average molecular weight is 307 g/mol. The summed E-state index contributed by atoms with van der Waals surface area (Å²) >= 11 is 3.48. The van der Waals surface area contributed by atoms with Crippen LogP contribution in [-0.4, -0.2) is 23.6 Å². The molecule has 2 aromatic rings. The van der Waals surface area contributed by atoms with Crippen LogP contribution in [0.15, 0.2) is 41.3 Å². The summed E-state index contributed by atoms with van der Waals surface area (Å²) in [6, 6.07) is 3.92. The Bertz CT molecular complexity index is 548. The Hall–Kier alpha value is -1.62. The average Bonchev–Trinajstić information content (AvgIpc) is 2.99. The lowest BCUT2D eigenvalue weighted by atomic mass is 10.2. The van der Waals surface area contributed by atoms with Gasteiger partial charge in [-0.2, -0.15) is 0 Å². The van der Waals surface area contributed by atoms with Gasteiger partial charge in [-0.25, -0.2) is 0 Å². The lowest BCUT2D eigenvalue weighted by Gasteiger charge is -2.04. The minimum atomic E-state index is 0.884. The summed E-state index contributed by atoms with van der Waals surface area (Å²) in [5.74, 6) is 0. The number of aromatic nitrogens is 2. The second-order valence-electron chi connectivity index (χ2n) is 3.75. The molecule has 0 saturated carbocycles. The molecule has 0 radical (unpaired) electrons. The number of halogens is 1. The fraction of sp³-hybridized carbons (Fsp3) is 0.231. The van der Waals surface area contributed by atoms with Crippen LogP contribution in [0, 0.1) is 0 Å². The molecule has 1 aromatic heterocycles. The van der Waals surface area contributed by atoms with Crippen LogP contribution in [0.1, 0.15) is 6.42 Å². The van der Waals surface area contributed by atoms with Crippen molar-refractivity contribution in [2.75, 3.05) is 18.9 Å². The van der Waals surface area contributed by atoms with Gasteiger partial charge in [-0.1, -0.05) is 6.08 Å². The van der Waals surface area contributed by atoms with Gasteiger partial charge in [0.05, 0.1) is 15.7 Å². The molecule has 1 aromatic carbocycles. The highest BCUT2D eigenvalue weighted by Crippen LogP contribution is 2.28. The van der Waals surface area contributed by atoms with Crippen molar-refractivity contribution in [2.45, 2.75) is 6.42 Å². The Labute approximate surface area is 115 Å². The molecule has 4 nitrogen and oxygen atoms in total. The van der Waals surface area contributed by atoms with Crippen molar-refractivity contribution in [3.63, 3.8) is 0 Å². The first-order valence-corrected chi connectivity index (χ1v) is 6.57. The predicted octanol–water partition coefficient (Wildman–Crippen LogP) is 2.93. The molecule has 0 fully saturated rings. The zero-order valence-electron chi connectivity index (χ0n) is 10.2. The third-order valence-corrected chi connectivity index (χ3v) is 3.34. The highest BCUT2D eigenvalue weighted by molar-refractivity contribution is 9.10. The first-order valence-electron chi connectivity index (χ1n) is 5.78. The molecule has 0 atom stereocenters. The predicted molar refractivity (Wildman–Crippen MR) is 78.5 cm³/mol. The number of hydrogen-bond donors (Lipinski definition) is 2. The fourth-order valence-corrected chi connectivity index (χ4v) is 2.25. The van der Waals surface area contributed by atoms with Crippen molar-refractivity contribution in [1.82, 2.24) is 15.3 Å². The highest BCUT2D eigenvalue weighted by Gasteiger charge is 2.04. The summed E-state index contributed by atoms with van der Waals surface area (Å²) in [6.07, 6.45) is 8.69. The van der Waals surface area contributed by atoms with Crippen LogP contribution in [-0.2, 0) is 0 Å². The Kier molecular flexibility index (Phi) is 4.52. The Morgan fingerprint density at radius 3 is 2.72 bits per heavy atom. The quantitative estimate of drug-likeness (QED) is 0.850. The van der Waals surface area contributed by atoms with E-state index in [4.69, 9.17) is 0 Å². The molecule has 2 heterocycles. The Morgan fingerprint density at radius 2 is 2.11 bits per heavy atom. The van der Waals surface area contributed by atoms with E-state index in [9.17, 15) is 0 Å². The van der Waals surface area contributed by atoms with E-state index in [1.54, 1.807) is 12.4 Å². The maximum atomic E-state index is 4.24. The topological polar surface area (TPSA) is 49.8 Å². The zero-order chi connectivity index (χ0) is 12.8. The zero-order valence-corrected chi connectivity index (χ0v) is 11.7. The number of hydrogen-bond acceptors (Lipinski definition) is 4. The molecule has 3 rings (SSSR count). The number of fused-ring (bicyclic) bond motifs is 1. The normalized spacial score (nSPS) is 12.8. The van der Waals surface area contributed by atoms with Gasteiger partial charge in [0, 0.05) is 26.0 Å². The Morgan fingerprint density at radius 1 is 1.28 bits per heavy atom. The summed E-state index contributed by atoms with van der Waals surface area (Å²) in [4.78, 5) is 8.44. The first-order chi connectivity index (χ1) is 8.83. The fourth-order valence-electron chi connectivity index (χ4n) is 1.61. The van der Waals surface area contributed by atoms with Gasteiger partial charge in [0.1, 0.15) is 5.52 Å².